The number of hydrogen-bond donors (Lipinski definition) is 1. The van der Waals surface area contributed by atoms with Crippen LogP contribution in [-0.2, 0) is 10.0 Å². The van der Waals surface area contributed by atoms with Crippen molar-refractivity contribution in [2.45, 2.75) is 4.90 Å². The number of carboxylic acid groups (broad SMARTS) is 1. The Morgan fingerprint density at radius 1 is 1.13 bits per heavy atom. The number of carbonyl (C=O) groups is 1. The second-order valence-corrected chi connectivity index (χ2v) is 6.31. The van der Waals surface area contributed by atoms with E-state index in [1.807, 2.05) is 0 Å². The monoisotopic (exact) mass is 330 g/mol. The summed E-state index contributed by atoms with van der Waals surface area (Å²) in [6.45, 7) is 0. The van der Waals surface area contributed by atoms with E-state index in [0.29, 0.717) is 5.56 Å². The molecular formula is C14H10N4O4S. The van der Waals surface area contributed by atoms with Crippen molar-refractivity contribution in [1.29, 1.82) is 0 Å². The fourth-order valence-corrected chi connectivity index (χ4v) is 2.92. The molecule has 1 aromatic carbocycles. The van der Waals surface area contributed by atoms with Gasteiger partial charge in [-0.2, -0.15) is 8.42 Å². The molecule has 0 fully saturated rings. The van der Waals surface area contributed by atoms with E-state index in [-0.39, 0.29) is 16.3 Å². The Hall–Kier alpha value is -3.07. The van der Waals surface area contributed by atoms with Gasteiger partial charge in [-0.05, 0) is 36.4 Å². The molecule has 0 spiro atoms. The molecule has 0 unspecified atom stereocenters. The van der Waals surface area contributed by atoms with Gasteiger partial charge in [0.25, 0.3) is 10.0 Å². The Bertz CT molecular complexity index is 950. The van der Waals surface area contributed by atoms with E-state index < -0.39 is 16.0 Å². The highest BCUT2D eigenvalue weighted by atomic mass is 32.2. The number of aromatic carboxylic acids is 1. The molecule has 0 aliphatic heterocycles. The number of nitrogens with zero attached hydrogens (tertiary/aromatic N) is 4. The summed E-state index contributed by atoms with van der Waals surface area (Å²) in [4.78, 5) is 18.6. The molecule has 2 aromatic heterocycles. The molecule has 9 heteroatoms. The standard InChI is InChI=1S/C14H10N4O4S/c19-14(20)10-3-5-12(6-4-10)23(21,22)18-9-16-13(17-18)11-2-1-7-15-8-11/h1-9H,(H,19,20). The maximum Gasteiger partial charge on any atom is 0.335 e. The van der Waals surface area contributed by atoms with Crippen LogP contribution in [0.15, 0.2) is 60.0 Å². The van der Waals surface area contributed by atoms with E-state index in [9.17, 15) is 13.2 Å². The molecule has 8 nitrogen and oxygen atoms in total. The van der Waals surface area contributed by atoms with Gasteiger partial charge in [0.2, 0.25) is 0 Å². The lowest BCUT2D eigenvalue weighted by atomic mass is 10.2. The third kappa shape index (κ3) is 2.81. The smallest absolute Gasteiger partial charge is 0.335 e. The predicted octanol–water partition coefficient (Wildman–Crippen LogP) is 1.28. The Balaban J connectivity index is 1.97. The van der Waals surface area contributed by atoms with Gasteiger partial charge in [-0.3, -0.25) is 4.98 Å². The van der Waals surface area contributed by atoms with Crippen molar-refractivity contribution in [2.24, 2.45) is 0 Å². The van der Waals surface area contributed by atoms with Crippen LogP contribution in [0, 0.1) is 0 Å². The molecule has 0 saturated heterocycles. The third-order valence-corrected chi connectivity index (χ3v) is 4.57. The lowest BCUT2D eigenvalue weighted by Crippen LogP contribution is -2.14. The van der Waals surface area contributed by atoms with Crippen molar-refractivity contribution in [3.8, 4) is 11.4 Å². The number of aromatic nitrogens is 4. The average Bonchev–Trinajstić information content (AvgIpc) is 3.06. The van der Waals surface area contributed by atoms with E-state index in [2.05, 4.69) is 15.1 Å². The van der Waals surface area contributed by atoms with Crippen molar-refractivity contribution in [1.82, 2.24) is 19.2 Å². The Kier molecular flexibility index (Phi) is 3.62. The van der Waals surface area contributed by atoms with Crippen LogP contribution >= 0.6 is 0 Å². The zero-order chi connectivity index (χ0) is 16.4. The van der Waals surface area contributed by atoms with Gasteiger partial charge < -0.3 is 5.11 Å². The summed E-state index contributed by atoms with van der Waals surface area (Å²) in [5, 5.41) is 12.8. The third-order valence-electron chi connectivity index (χ3n) is 3.04. The lowest BCUT2D eigenvalue weighted by molar-refractivity contribution is 0.0696. The highest BCUT2D eigenvalue weighted by Gasteiger charge is 2.20. The molecule has 1 N–H and O–H groups in total. The molecule has 2 heterocycles. The van der Waals surface area contributed by atoms with Gasteiger partial charge in [-0.15, -0.1) is 9.19 Å². The summed E-state index contributed by atoms with van der Waals surface area (Å²) in [7, 11) is -3.94. The summed E-state index contributed by atoms with van der Waals surface area (Å²) < 4.78 is 25.7. The van der Waals surface area contributed by atoms with E-state index in [4.69, 9.17) is 5.11 Å². The van der Waals surface area contributed by atoms with Crippen molar-refractivity contribution in [3.05, 3.63) is 60.7 Å². The SMILES string of the molecule is O=C(O)c1ccc(S(=O)(=O)n2cnc(-c3cccnc3)n2)cc1. The minimum Gasteiger partial charge on any atom is -0.478 e. The largest absolute Gasteiger partial charge is 0.478 e. The van der Waals surface area contributed by atoms with Gasteiger partial charge in [0.1, 0.15) is 6.33 Å². The first-order chi connectivity index (χ1) is 11.0. The topological polar surface area (TPSA) is 115 Å². The average molecular weight is 330 g/mol. The van der Waals surface area contributed by atoms with Crippen molar-refractivity contribution in [3.63, 3.8) is 0 Å². The van der Waals surface area contributed by atoms with E-state index >= 15 is 0 Å². The first-order valence-corrected chi connectivity index (χ1v) is 7.83. The zero-order valence-electron chi connectivity index (χ0n) is 11.6. The molecular weight excluding hydrogens is 320 g/mol. The first kappa shape index (κ1) is 14.9. The van der Waals surface area contributed by atoms with Gasteiger partial charge in [-0.25, -0.2) is 9.78 Å². The summed E-state index contributed by atoms with van der Waals surface area (Å²) >= 11 is 0. The van der Waals surface area contributed by atoms with Crippen LogP contribution in [0.5, 0.6) is 0 Å². The highest BCUT2D eigenvalue weighted by molar-refractivity contribution is 7.89. The number of pyridine rings is 1. The van der Waals surface area contributed by atoms with Crippen molar-refractivity contribution < 1.29 is 18.3 Å². The maximum absolute atomic E-state index is 12.5. The number of hydrogen-bond acceptors (Lipinski definition) is 6. The maximum atomic E-state index is 12.5. The fraction of sp³-hybridized carbons (Fsp3) is 0. The van der Waals surface area contributed by atoms with Crippen LogP contribution in [0.2, 0.25) is 0 Å². The predicted molar refractivity (Wildman–Crippen MR) is 79.2 cm³/mol. The minimum atomic E-state index is -3.94. The molecule has 3 rings (SSSR count). The van der Waals surface area contributed by atoms with Crippen LogP contribution in [0.3, 0.4) is 0 Å². The highest BCUT2D eigenvalue weighted by Crippen LogP contribution is 2.17. The van der Waals surface area contributed by atoms with Crippen LogP contribution in [-0.4, -0.2) is 38.6 Å². The van der Waals surface area contributed by atoms with Crippen LogP contribution in [0.4, 0.5) is 0 Å². The number of rotatable bonds is 4. The van der Waals surface area contributed by atoms with Crippen molar-refractivity contribution >= 4 is 16.0 Å². The second kappa shape index (κ2) is 5.61. The molecule has 23 heavy (non-hydrogen) atoms. The van der Waals surface area contributed by atoms with E-state index in [1.54, 1.807) is 18.3 Å². The molecule has 116 valence electrons. The molecule has 0 bridgehead atoms. The molecule has 3 aromatic rings. The zero-order valence-corrected chi connectivity index (χ0v) is 12.4. The quantitative estimate of drug-likeness (QED) is 0.766. The Morgan fingerprint density at radius 2 is 1.87 bits per heavy atom. The molecule has 0 atom stereocenters. The fourth-order valence-electron chi connectivity index (χ4n) is 1.87. The molecule has 0 saturated carbocycles. The lowest BCUT2D eigenvalue weighted by Gasteiger charge is -2.03. The first-order valence-electron chi connectivity index (χ1n) is 6.39. The summed E-state index contributed by atoms with van der Waals surface area (Å²) in [6.07, 6.45) is 4.19. The van der Waals surface area contributed by atoms with Gasteiger partial charge in [0, 0.05) is 18.0 Å². The van der Waals surface area contributed by atoms with Crippen LogP contribution in [0.25, 0.3) is 11.4 Å². The normalized spacial score (nSPS) is 11.3. The van der Waals surface area contributed by atoms with Gasteiger partial charge in [-0.1, -0.05) is 0 Å². The summed E-state index contributed by atoms with van der Waals surface area (Å²) in [6, 6.07) is 8.26. The minimum absolute atomic E-state index is 0.00131. The summed E-state index contributed by atoms with van der Waals surface area (Å²) in [5.74, 6) is -0.905. The number of benzene rings is 1. The second-order valence-electron chi connectivity index (χ2n) is 4.52. The van der Waals surface area contributed by atoms with Gasteiger partial charge in [0.05, 0.1) is 10.5 Å². The van der Waals surface area contributed by atoms with E-state index in [1.165, 1.54) is 30.5 Å². The Morgan fingerprint density at radius 3 is 2.48 bits per heavy atom. The molecule has 0 amide bonds. The summed E-state index contributed by atoms with van der Waals surface area (Å²) in [5.41, 5.74) is 0.585. The number of carboxylic acids is 1. The van der Waals surface area contributed by atoms with Gasteiger partial charge >= 0.3 is 5.97 Å². The van der Waals surface area contributed by atoms with Crippen LogP contribution in [0.1, 0.15) is 10.4 Å². The molecule has 0 aliphatic carbocycles. The van der Waals surface area contributed by atoms with Crippen molar-refractivity contribution in [2.75, 3.05) is 0 Å². The van der Waals surface area contributed by atoms with Gasteiger partial charge in [0.15, 0.2) is 5.82 Å². The van der Waals surface area contributed by atoms with E-state index in [0.717, 1.165) is 10.4 Å². The molecule has 0 aliphatic rings. The molecule has 0 radical (unpaired) electrons. The van der Waals surface area contributed by atoms with Crippen LogP contribution < -0.4 is 0 Å². The Labute approximate surface area is 131 Å².